The average molecular weight is 610 g/mol. The van der Waals surface area contributed by atoms with E-state index in [-0.39, 0.29) is 87.4 Å². The van der Waals surface area contributed by atoms with E-state index < -0.39 is 41.7 Å². The van der Waals surface area contributed by atoms with Crippen LogP contribution in [0.5, 0.6) is 5.75 Å². The summed E-state index contributed by atoms with van der Waals surface area (Å²) in [5, 5.41) is 18.2. The Morgan fingerprint density at radius 3 is 2.23 bits per heavy atom. The molecule has 0 aliphatic carbocycles. The molecule has 0 aromatic heterocycles. The molecule has 218 valence electrons. The van der Waals surface area contributed by atoms with Gasteiger partial charge in [-0.1, -0.05) is 12.1 Å². The number of nitrogens with one attached hydrogen (secondary N) is 3. The summed E-state index contributed by atoms with van der Waals surface area (Å²) in [6.07, 6.45) is 0.512. The lowest BCUT2D eigenvalue weighted by Gasteiger charge is -2.24. The van der Waals surface area contributed by atoms with Crippen LogP contribution >= 0.6 is 37.2 Å². The Balaban J connectivity index is 0.00000481. The molecule has 10 nitrogen and oxygen atoms in total. The molecule has 0 radical (unpaired) electrons. The molecule has 0 spiro atoms. The van der Waals surface area contributed by atoms with Crippen LogP contribution in [0, 0.1) is 5.82 Å². The maximum atomic E-state index is 14.8. The summed E-state index contributed by atoms with van der Waals surface area (Å²) in [5.74, 6) is -2.32. The highest BCUT2D eigenvalue weighted by Crippen LogP contribution is 2.28. The number of rotatable bonds is 6. The van der Waals surface area contributed by atoms with Crippen LogP contribution in [0.3, 0.4) is 0 Å². The number of hydrogen-bond acceptors (Lipinski definition) is 7. The van der Waals surface area contributed by atoms with Crippen LogP contribution in [0.15, 0.2) is 36.4 Å². The normalized spacial score (nSPS) is 18.9. The summed E-state index contributed by atoms with van der Waals surface area (Å²) in [6, 6.07) is 6.08. The third-order valence-electron chi connectivity index (χ3n) is 6.07. The highest BCUT2D eigenvalue weighted by atomic mass is 35.5. The lowest BCUT2D eigenvalue weighted by Crippen LogP contribution is -2.56. The molecule has 0 fully saturated rings. The molecule has 10 N–H and O–H groups in total. The third kappa shape index (κ3) is 9.79. The highest BCUT2D eigenvalue weighted by molar-refractivity contribution is 5.93. The van der Waals surface area contributed by atoms with E-state index in [0.29, 0.717) is 23.1 Å². The standard InChI is InChI=1S/C25H33FN6O4.3ClH/c26-18-5-3-14-10-16(18)13-21(24(35)30-9-8-28)32-25(36)20(2-1-7-27)31-23(34)19(29)12-17-11-15(14)4-6-22(17)33;;;/h3-6,10-11,19-21,33H,1-2,7-9,12-13,27-29H2,(H,30,35)(H,31,34)(H,32,36);3*1H/t19-,20-,21-;;;/m0.../s1. The zero-order chi connectivity index (χ0) is 26.2. The fourth-order valence-electron chi connectivity index (χ4n) is 4.06. The topological polar surface area (TPSA) is 186 Å². The number of carbonyl (C=O) groups excluding carboxylic acids is 3. The zero-order valence-electron chi connectivity index (χ0n) is 21.2. The molecule has 1 aliphatic heterocycles. The van der Waals surface area contributed by atoms with Crippen LogP contribution in [-0.4, -0.2) is 60.6 Å². The fourth-order valence-corrected chi connectivity index (χ4v) is 4.06. The van der Waals surface area contributed by atoms with Crippen LogP contribution in [0.1, 0.15) is 24.0 Å². The van der Waals surface area contributed by atoms with Gasteiger partial charge >= 0.3 is 0 Å². The predicted octanol–water partition coefficient (Wildman–Crippen LogP) is 0.673. The van der Waals surface area contributed by atoms with Crippen molar-refractivity contribution in [3.8, 4) is 16.9 Å². The average Bonchev–Trinajstić information content (AvgIpc) is 2.86. The van der Waals surface area contributed by atoms with E-state index in [1.54, 1.807) is 24.3 Å². The summed E-state index contributed by atoms with van der Waals surface area (Å²) >= 11 is 0. The Hall–Kier alpha value is -2.67. The van der Waals surface area contributed by atoms with Crippen molar-refractivity contribution in [1.29, 1.82) is 0 Å². The van der Waals surface area contributed by atoms with Crippen LogP contribution in [0.25, 0.3) is 11.1 Å². The fraction of sp³-hybridized carbons (Fsp3) is 0.400. The molecule has 3 amide bonds. The van der Waals surface area contributed by atoms with Gasteiger partial charge in [0.2, 0.25) is 17.7 Å². The van der Waals surface area contributed by atoms with Crippen LogP contribution in [0.2, 0.25) is 0 Å². The Labute approximate surface area is 245 Å². The number of phenolic OH excluding ortho intramolecular Hbond substituents is 1. The minimum atomic E-state index is -1.12. The molecule has 0 saturated carbocycles. The number of carbonyl (C=O) groups is 3. The molecule has 3 atom stereocenters. The first-order valence-corrected chi connectivity index (χ1v) is 11.9. The van der Waals surface area contributed by atoms with Gasteiger partial charge in [0.05, 0.1) is 6.04 Å². The first-order valence-electron chi connectivity index (χ1n) is 11.9. The van der Waals surface area contributed by atoms with Crippen LogP contribution in [-0.2, 0) is 27.2 Å². The second-order valence-corrected chi connectivity index (χ2v) is 8.80. The van der Waals surface area contributed by atoms with Crippen molar-refractivity contribution in [3.05, 3.63) is 53.3 Å². The van der Waals surface area contributed by atoms with Gasteiger partial charge in [0, 0.05) is 25.9 Å². The molecule has 4 bridgehead atoms. The smallest absolute Gasteiger partial charge is 0.243 e. The minimum absolute atomic E-state index is 0. The summed E-state index contributed by atoms with van der Waals surface area (Å²) in [4.78, 5) is 38.9. The first kappa shape index (κ1) is 36.3. The SMILES string of the molecule is Cl.Cl.Cl.NCCC[C@@H]1NC(=O)[C@@H](N)Cc2cc(ccc2O)-c2ccc(F)c(c2)C[C@@H](C(=O)NCCN)NC1=O. The number of hydrogen-bond donors (Lipinski definition) is 7. The van der Waals surface area contributed by atoms with Crippen molar-refractivity contribution in [1.82, 2.24) is 16.0 Å². The number of phenols is 1. The number of benzene rings is 2. The van der Waals surface area contributed by atoms with E-state index in [1.165, 1.54) is 12.1 Å². The maximum absolute atomic E-state index is 14.8. The van der Waals surface area contributed by atoms with Crippen molar-refractivity contribution >= 4 is 54.9 Å². The van der Waals surface area contributed by atoms with Gasteiger partial charge < -0.3 is 38.3 Å². The largest absolute Gasteiger partial charge is 0.508 e. The van der Waals surface area contributed by atoms with Crippen molar-refractivity contribution in [2.24, 2.45) is 17.2 Å². The summed E-state index contributed by atoms with van der Waals surface area (Å²) in [7, 11) is 0. The monoisotopic (exact) mass is 608 g/mol. The van der Waals surface area contributed by atoms with Gasteiger partial charge in [-0.25, -0.2) is 4.39 Å². The summed E-state index contributed by atoms with van der Waals surface area (Å²) < 4.78 is 14.8. The molecule has 0 unspecified atom stereocenters. The molecule has 3 rings (SSSR count). The molecule has 1 heterocycles. The van der Waals surface area contributed by atoms with E-state index in [2.05, 4.69) is 16.0 Å². The van der Waals surface area contributed by atoms with E-state index in [0.717, 1.165) is 0 Å². The number of amides is 3. The molecule has 0 saturated heterocycles. The zero-order valence-corrected chi connectivity index (χ0v) is 23.6. The van der Waals surface area contributed by atoms with Gasteiger partial charge in [-0.3, -0.25) is 14.4 Å². The van der Waals surface area contributed by atoms with Gasteiger partial charge in [-0.15, -0.1) is 37.2 Å². The second kappa shape index (κ2) is 17.1. The van der Waals surface area contributed by atoms with Gasteiger partial charge in [0.15, 0.2) is 0 Å². The van der Waals surface area contributed by atoms with Crippen molar-refractivity contribution < 1.29 is 23.9 Å². The Kier molecular flexibility index (Phi) is 15.9. The van der Waals surface area contributed by atoms with E-state index >= 15 is 0 Å². The van der Waals surface area contributed by atoms with Crippen LogP contribution in [0.4, 0.5) is 4.39 Å². The summed E-state index contributed by atoms with van der Waals surface area (Å²) in [5.41, 5.74) is 19.1. The Morgan fingerprint density at radius 2 is 1.59 bits per heavy atom. The van der Waals surface area contributed by atoms with Crippen LogP contribution < -0.4 is 33.2 Å². The van der Waals surface area contributed by atoms with E-state index in [1.807, 2.05) is 0 Å². The van der Waals surface area contributed by atoms with Crippen molar-refractivity contribution in [3.63, 3.8) is 0 Å². The molecular formula is C25H36Cl3FN6O4. The molecule has 39 heavy (non-hydrogen) atoms. The molecule has 14 heteroatoms. The number of halogens is 4. The van der Waals surface area contributed by atoms with E-state index in [9.17, 15) is 23.9 Å². The van der Waals surface area contributed by atoms with Gasteiger partial charge in [-0.2, -0.15) is 0 Å². The first-order chi connectivity index (χ1) is 17.2. The molecular weight excluding hydrogens is 574 g/mol. The third-order valence-corrected chi connectivity index (χ3v) is 6.07. The summed E-state index contributed by atoms with van der Waals surface area (Å²) in [6.45, 7) is 0.642. The van der Waals surface area contributed by atoms with Gasteiger partial charge in [0.1, 0.15) is 23.7 Å². The highest BCUT2D eigenvalue weighted by Gasteiger charge is 2.29. The van der Waals surface area contributed by atoms with Gasteiger partial charge in [-0.05, 0) is 65.9 Å². The predicted molar refractivity (Wildman–Crippen MR) is 155 cm³/mol. The Bertz CT molecular complexity index is 1130. The number of aromatic hydroxyl groups is 1. The quantitative estimate of drug-likeness (QED) is 0.251. The maximum Gasteiger partial charge on any atom is 0.243 e. The molecule has 2 aromatic carbocycles. The number of nitrogens with two attached hydrogens (primary N) is 3. The molecule has 1 aliphatic rings. The lowest BCUT2D eigenvalue weighted by atomic mass is 9.95. The minimum Gasteiger partial charge on any atom is -0.508 e. The number of fused-ring (bicyclic) bond motifs is 5. The van der Waals surface area contributed by atoms with E-state index in [4.69, 9.17) is 17.2 Å². The lowest BCUT2D eigenvalue weighted by molar-refractivity contribution is -0.132. The van der Waals surface area contributed by atoms with Crippen molar-refractivity contribution in [2.45, 2.75) is 43.8 Å². The molecule has 2 aromatic rings. The van der Waals surface area contributed by atoms with Crippen molar-refractivity contribution in [2.75, 3.05) is 19.6 Å². The second-order valence-electron chi connectivity index (χ2n) is 8.80. The Morgan fingerprint density at radius 1 is 0.949 bits per heavy atom. The van der Waals surface area contributed by atoms with Gasteiger partial charge in [0.25, 0.3) is 0 Å².